The molecule has 15 heteroatoms. The largest absolute Gasteiger partial charge is 0.480 e. The molecule has 32 heavy (non-hydrogen) atoms. The predicted octanol–water partition coefficient (Wildman–Crippen LogP) is -4.00. The number of imidazole rings is 1. The Bertz CT molecular complexity index is 818. The molecule has 0 aliphatic carbocycles. The van der Waals surface area contributed by atoms with Gasteiger partial charge in [-0.15, -0.1) is 0 Å². The number of carboxylic acid groups (broad SMARTS) is 1. The number of aromatic amines is 1. The first-order chi connectivity index (χ1) is 15.0. The molecule has 0 spiro atoms. The fourth-order valence-corrected chi connectivity index (χ4v) is 2.70. The lowest BCUT2D eigenvalue weighted by Crippen LogP contribution is -2.59. The lowest BCUT2D eigenvalue weighted by molar-refractivity contribution is -0.141. The van der Waals surface area contributed by atoms with Crippen LogP contribution >= 0.6 is 12.6 Å². The highest BCUT2D eigenvalue weighted by Crippen LogP contribution is 2.03. The van der Waals surface area contributed by atoms with Gasteiger partial charge >= 0.3 is 5.97 Å². The fraction of sp³-hybridized carbons (Fsp3) is 0.529. The molecule has 1 aromatic rings. The van der Waals surface area contributed by atoms with Gasteiger partial charge in [-0.1, -0.05) is 0 Å². The van der Waals surface area contributed by atoms with Crippen LogP contribution < -0.4 is 27.4 Å². The Kier molecular flexibility index (Phi) is 10.6. The van der Waals surface area contributed by atoms with Gasteiger partial charge in [0.1, 0.15) is 24.2 Å². The molecule has 14 nitrogen and oxygen atoms in total. The van der Waals surface area contributed by atoms with Gasteiger partial charge in [-0.05, 0) is 6.92 Å². The summed E-state index contributed by atoms with van der Waals surface area (Å²) in [7, 11) is 0. The van der Waals surface area contributed by atoms with Crippen molar-refractivity contribution in [2.45, 2.75) is 50.0 Å². The number of hydrogen-bond acceptors (Lipinski definition) is 9. The van der Waals surface area contributed by atoms with Crippen molar-refractivity contribution in [1.82, 2.24) is 25.9 Å². The third-order valence-corrected chi connectivity index (χ3v) is 4.63. The Labute approximate surface area is 188 Å². The Hall–Kier alpha value is -3.17. The van der Waals surface area contributed by atoms with E-state index in [2.05, 4.69) is 38.5 Å². The number of aromatic nitrogens is 2. The Morgan fingerprint density at radius 1 is 1.09 bits per heavy atom. The molecule has 0 aliphatic rings. The molecule has 0 fully saturated rings. The molecule has 178 valence electrons. The second-order valence-corrected chi connectivity index (χ2v) is 7.29. The van der Waals surface area contributed by atoms with Gasteiger partial charge in [0.15, 0.2) is 0 Å². The second-order valence-electron chi connectivity index (χ2n) is 6.92. The van der Waals surface area contributed by atoms with E-state index in [-0.39, 0.29) is 12.2 Å². The Morgan fingerprint density at radius 3 is 2.12 bits per heavy atom. The number of primary amides is 1. The smallest absolute Gasteiger partial charge is 0.327 e. The van der Waals surface area contributed by atoms with Crippen molar-refractivity contribution >= 4 is 42.2 Å². The highest BCUT2D eigenvalue weighted by atomic mass is 32.1. The van der Waals surface area contributed by atoms with Crippen molar-refractivity contribution in [2.24, 2.45) is 11.5 Å². The Balaban J connectivity index is 3.04. The molecule has 4 amide bonds. The van der Waals surface area contributed by atoms with E-state index in [9.17, 15) is 29.1 Å². The summed E-state index contributed by atoms with van der Waals surface area (Å²) in [5.41, 5.74) is 11.2. The molecule has 1 heterocycles. The highest BCUT2D eigenvalue weighted by Gasteiger charge is 2.31. The molecule has 0 bridgehead atoms. The van der Waals surface area contributed by atoms with Crippen LogP contribution in [0.5, 0.6) is 0 Å². The van der Waals surface area contributed by atoms with Crippen LogP contribution in [-0.4, -0.2) is 85.8 Å². The molecule has 1 rings (SSSR count). The van der Waals surface area contributed by atoms with Crippen molar-refractivity contribution in [2.75, 3.05) is 5.75 Å². The van der Waals surface area contributed by atoms with Gasteiger partial charge in [0.25, 0.3) is 0 Å². The summed E-state index contributed by atoms with van der Waals surface area (Å²) < 4.78 is 0. The number of carbonyl (C=O) groups is 5. The van der Waals surface area contributed by atoms with Crippen molar-refractivity contribution in [1.29, 1.82) is 0 Å². The lowest BCUT2D eigenvalue weighted by atomic mass is 10.1. The fourth-order valence-electron chi connectivity index (χ4n) is 2.45. The van der Waals surface area contributed by atoms with Crippen LogP contribution in [0.15, 0.2) is 12.5 Å². The Morgan fingerprint density at radius 2 is 1.66 bits per heavy atom. The van der Waals surface area contributed by atoms with E-state index in [1.54, 1.807) is 0 Å². The summed E-state index contributed by atoms with van der Waals surface area (Å²) in [5, 5.41) is 25.4. The van der Waals surface area contributed by atoms with Crippen LogP contribution in [0.4, 0.5) is 0 Å². The molecule has 0 saturated heterocycles. The molecule has 5 unspecified atom stereocenters. The first kappa shape index (κ1) is 26.9. The number of nitrogens with two attached hydrogens (primary N) is 2. The molecular weight excluding hydrogens is 446 g/mol. The van der Waals surface area contributed by atoms with Crippen LogP contribution in [-0.2, 0) is 30.4 Å². The van der Waals surface area contributed by atoms with E-state index in [1.807, 2.05) is 0 Å². The first-order valence-corrected chi connectivity index (χ1v) is 10.0. The standard InChI is InChI=1S/C17H27N7O7S/c1-7(25)13(19)16(29)23-9(2-8-4-20-6-21-8)14(27)22-10(3-12(18)26)15(28)24-11(5-32)17(30)31/h4,6-7,9-11,13,25,32H,2-3,5,19H2,1H3,(H2,18,26)(H,20,21)(H,22,27)(H,23,29)(H,24,28)(H,30,31). The maximum Gasteiger partial charge on any atom is 0.327 e. The number of hydrogen-bond donors (Lipinski definition) is 9. The van der Waals surface area contributed by atoms with Crippen molar-refractivity contribution in [3.05, 3.63) is 18.2 Å². The highest BCUT2D eigenvalue weighted by molar-refractivity contribution is 7.80. The number of amides is 4. The van der Waals surface area contributed by atoms with E-state index < -0.39 is 66.3 Å². The molecule has 10 N–H and O–H groups in total. The number of thiol groups is 1. The SMILES string of the molecule is CC(O)C(N)C(=O)NC(Cc1cnc[nH]1)C(=O)NC(CC(N)=O)C(=O)NC(CS)C(=O)O. The zero-order chi connectivity index (χ0) is 24.4. The number of aliphatic carboxylic acids is 1. The maximum absolute atomic E-state index is 12.9. The summed E-state index contributed by atoms with van der Waals surface area (Å²) in [5.74, 6) is -5.25. The van der Waals surface area contributed by atoms with Crippen LogP contribution in [0, 0.1) is 0 Å². The summed E-state index contributed by atoms with van der Waals surface area (Å²) in [6, 6.07) is -5.50. The number of carboxylic acids is 1. The van der Waals surface area contributed by atoms with Crippen LogP contribution in [0.2, 0.25) is 0 Å². The van der Waals surface area contributed by atoms with Crippen LogP contribution in [0.1, 0.15) is 19.0 Å². The number of aliphatic hydroxyl groups excluding tert-OH is 1. The van der Waals surface area contributed by atoms with Gasteiger partial charge in [0, 0.05) is 24.1 Å². The van der Waals surface area contributed by atoms with Gasteiger partial charge in [-0.2, -0.15) is 12.6 Å². The van der Waals surface area contributed by atoms with Crippen molar-refractivity contribution < 1.29 is 34.2 Å². The molecule has 5 atom stereocenters. The van der Waals surface area contributed by atoms with E-state index in [0.29, 0.717) is 5.69 Å². The monoisotopic (exact) mass is 473 g/mol. The topological polar surface area (TPSA) is 243 Å². The van der Waals surface area contributed by atoms with Crippen LogP contribution in [0.25, 0.3) is 0 Å². The summed E-state index contributed by atoms with van der Waals surface area (Å²) in [4.78, 5) is 66.6. The van der Waals surface area contributed by atoms with Crippen molar-refractivity contribution in [3.63, 3.8) is 0 Å². The maximum atomic E-state index is 12.9. The minimum atomic E-state index is -1.52. The number of nitrogens with one attached hydrogen (secondary N) is 4. The average Bonchev–Trinajstić information content (AvgIpc) is 3.22. The van der Waals surface area contributed by atoms with E-state index >= 15 is 0 Å². The molecule has 0 saturated carbocycles. The molecule has 1 aromatic heterocycles. The van der Waals surface area contributed by atoms with Gasteiger partial charge in [0.2, 0.25) is 23.6 Å². The first-order valence-electron chi connectivity index (χ1n) is 9.40. The number of H-pyrrole nitrogens is 1. The quantitative estimate of drug-likeness (QED) is 0.127. The van der Waals surface area contributed by atoms with Crippen molar-refractivity contribution in [3.8, 4) is 0 Å². The predicted molar refractivity (Wildman–Crippen MR) is 113 cm³/mol. The third-order valence-electron chi connectivity index (χ3n) is 4.27. The second kappa shape index (κ2) is 12.6. The summed E-state index contributed by atoms with van der Waals surface area (Å²) in [6.07, 6.45) is 0.824. The third kappa shape index (κ3) is 8.52. The molecule has 0 aliphatic heterocycles. The van der Waals surface area contributed by atoms with Gasteiger partial charge < -0.3 is 42.6 Å². The van der Waals surface area contributed by atoms with E-state index in [0.717, 1.165) is 0 Å². The van der Waals surface area contributed by atoms with E-state index in [1.165, 1.54) is 19.4 Å². The number of aliphatic hydroxyl groups is 1. The number of nitrogens with zero attached hydrogens (tertiary/aromatic N) is 1. The lowest BCUT2D eigenvalue weighted by Gasteiger charge is -2.24. The number of carbonyl (C=O) groups excluding carboxylic acids is 4. The summed E-state index contributed by atoms with van der Waals surface area (Å²) in [6.45, 7) is 1.29. The van der Waals surface area contributed by atoms with Gasteiger partial charge in [-0.3, -0.25) is 19.2 Å². The van der Waals surface area contributed by atoms with Crippen LogP contribution in [0.3, 0.4) is 0 Å². The number of rotatable bonds is 13. The summed E-state index contributed by atoms with van der Waals surface area (Å²) >= 11 is 3.83. The average molecular weight is 474 g/mol. The zero-order valence-electron chi connectivity index (χ0n) is 17.1. The minimum Gasteiger partial charge on any atom is -0.480 e. The van der Waals surface area contributed by atoms with Gasteiger partial charge in [0.05, 0.1) is 18.9 Å². The zero-order valence-corrected chi connectivity index (χ0v) is 18.0. The molecule has 0 aromatic carbocycles. The molecular formula is C17H27N7O7S. The normalized spacial score (nSPS) is 15.5. The van der Waals surface area contributed by atoms with E-state index in [4.69, 9.17) is 16.6 Å². The minimum absolute atomic E-state index is 0.0938. The molecule has 0 radical (unpaired) electrons. The van der Waals surface area contributed by atoms with Gasteiger partial charge in [-0.25, -0.2) is 9.78 Å².